The predicted octanol–water partition coefficient (Wildman–Crippen LogP) is 3.65. The summed E-state index contributed by atoms with van der Waals surface area (Å²) in [6.07, 6.45) is 3.53. The fourth-order valence-electron chi connectivity index (χ4n) is 2.69. The summed E-state index contributed by atoms with van der Waals surface area (Å²) in [5, 5.41) is 3.86. The van der Waals surface area contributed by atoms with Crippen LogP contribution in [-0.2, 0) is 13.0 Å². The molecule has 0 saturated carbocycles. The standard InChI is InChI=1S/C20H21N3O2/c1-16-14-19(22-25-16)20(24)23(15-18-11-5-6-12-21-18)13-7-10-17-8-3-2-4-9-17/h2-6,8-9,11-12,14H,7,10,13,15H2,1H3. The highest BCUT2D eigenvalue weighted by molar-refractivity contribution is 5.92. The fourth-order valence-corrected chi connectivity index (χ4v) is 2.69. The fraction of sp³-hybridized carbons (Fsp3) is 0.250. The van der Waals surface area contributed by atoms with Crippen molar-refractivity contribution in [2.24, 2.45) is 0 Å². The van der Waals surface area contributed by atoms with Crippen LogP contribution in [0.5, 0.6) is 0 Å². The molecule has 3 rings (SSSR count). The number of carbonyl (C=O) groups is 1. The largest absolute Gasteiger partial charge is 0.361 e. The lowest BCUT2D eigenvalue weighted by atomic mass is 10.1. The molecule has 25 heavy (non-hydrogen) atoms. The highest BCUT2D eigenvalue weighted by Gasteiger charge is 2.19. The molecule has 0 fully saturated rings. The van der Waals surface area contributed by atoms with E-state index in [1.807, 2.05) is 36.4 Å². The number of rotatable bonds is 7. The van der Waals surface area contributed by atoms with Crippen molar-refractivity contribution in [3.63, 3.8) is 0 Å². The Morgan fingerprint density at radius 1 is 1.12 bits per heavy atom. The van der Waals surface area contributed by atoms with E-state index < -0.39 is 0 Å². The smallest absolute Gasteiger partial charge is 0.276 e. The zero-order chi connectivity index (χ0) is 17.5. The average molecular weight is 335 g/mol. The molecule has 0 bridgehead atoms. The third-order valence-corrected chi connectivity index (χ3v) is 3.95. The van der Waals surface area contributed by atoms with Gasteiger partial charge < -0.3 is 9.42 Å². The van der Waals surface area contributed by atoms with Gasteiger partial charge in [0.2, 0.25) is 0 Å². The summed E-state index contributed by atoms with van der Waals surface area (Å²) in [5.74, 6) is 0.501. The van der Waals surface area contributed by atoms with Crippen LogP contribution in [0.1, 0.15) is 33.9 Å². The number of nitrogens with zero attached hydrogens (tertiary/aromatic N) is 3. The maximum absolute atomic E-state index is 12.8. The molecular formula is C20H21N3O2. The van der Waals surface area contributed by atoms with E-state index in [1.54, 1.807) is 24.1 Å². The van der Waals surface area contributed by atoms with Crippen molar-refractivity contribution in [1.82, 2.24) is 15.0 Å². The number of aromatic nitrogens is 2. The SMILES string of the molecule is Cc1cc(C(=O)N(CCCc2ccccc2)Cc2ccccn2)no1. The molecule has 0 aliphatic carbocycles. The lowest BCUT2D eigenvalue weighted by Crippen LogP contribution is -2.32. The second kappa shape index (κ2) is 8.24. The van der Waals surface area contributed by atoms with Gasteiger partial charge in [-0.25, -0.2) is 0 Å². The Morgan fingerprint density at radius 2 is 1.92 bits per heavy atom. The second-order valence-electron chi connectivity index (χ2n) is 5.96. The number of hydrogen-bond donors (Lipinski definition) is 0. The Kier molecular flexibility index (Phi) is 5.57. The zero-order valence-corrected chi connectivity index (χ0v) is 14.3. The summed E-state index contributed by atoms with van der Waals surface area (Å²) in [5.41, 5.74) is 2.47. The van der Waals surface area contributed by atoms with E-state index in [-0.39, 0.29) is 5.91 Å². The number of benzene rings is 1. The van der Waals surface area contributed by atoms with Crippen LogP contribution < -0.4 is 0 Å². The maximum Gasteiger partial charge on any atom is 0.276 e. The van der Waals surface area contributed by atoms with Gasteiger partial charge in [-0.05, 0) is 37.5 Å². The van der Waals surface area contributed by atoms with E-state index in [0.717, 1.165) is 18.5 Å². The van der Waals surface area contributed by atoms with E-state index >= 15 is 0 Å². The molecule has 1 amide bonds. The third-order valence-electron chi connectivity index (χ3n) is 3.95. The number of amides is 1. The average Bonchev–Trinajstić information content (AvgIpc) is 3.08. The van der Waals surface area contributed by atoms with Gasteiger partial charge in [0.1, 0.15) is 5.76 Å². The van der Waals surface area contributed by atoms with Crippen LogP contribution in [0.3, 0.4) is 0 Å². The predicted molar refractivity (Wildman–Crippen MR) is 95.0 cm³/mol. The Hall–Kier alpha value is -2.95. The molecule has 0 aliphatic heterocycles. The van der Waals surface area contributed by atoms with Crippen LogP contribution in [0.4, 0.5) is 0 Å². The van der Waals surface area contributed by atoms with Crippen LogP contribution in [0, 0.1) is 6.92 Å². The highest BCUT2D eigenvalue weighted by Crippen LogP contribution is 2.11. The van der Waals surface area contributed by atoms with Crippen LogP contribution >= 0.6 is 0 Å². The lowest BCUT2D eigenvalue weighted by Gasteiger charge is -2.21. The molecule has 0 N–H and O–H groups in total. The monoisotopic (exact) mass is 335 g/mol. The molecule has 128 valence electrons. The van der Waals surface area contributed by atoms with Crippen molar-refractivity contribution in [3.05, 3.63) is 83.5 Å². The van der Waals surface area contributed by atoms with E-state index in [0.29, 0.717) is 24.5 Å². The van der Waals surface area contributed by atoms with Gasteiger partial charge in [0.15, 0.2) is 5.69 Å². The minimum Gasteiger partial charge on any atom is -0.361 e. The number of pyridine rings is 1. The van der Waals surface area contributed by atoms with E-state index in [2.05, 4.69) is 22.3 Å². The summed E-state index contributed by atoms with van der Waals surface area (Å²) in [6.45, 7) is 2.87. The van der Waals surface area contributed by atoms with Crippen molar-refractivity contribution in [3.8, 4) is 0 Å². The minimum absolute atomic E-state index is 0.129. The molecule has 1 aromatic carbocycles. The molecule has 0 atom stereocenters. The van der Waals surface area contributed by atoms with Crippen LogP contribution in [0.2, 0.25) is 0 Å². The summed E-state index contributed by atoms with van der Waals surface area (Å²) < 4.78 is 5.05. The Balaban J connectivity index is 1.68. The molecule has 0 saturated heterocycles. The van der Waals surface area contributed by atoms with Crippen LogP contribution in [0.15, 0.2) is 65.3 Å². The van der Waals surface area contributed by atoms with Gasteiger partial charge in [0, 0.05) is 18.8 Å². The first-order chi connectivity index (χ1) is 12.2. The molecule has 0 aliphatic rings. The summed E-state index contributed by atoms with van der Waals surface area (Å²) in [4.78, 5) is 18.9. The minimum atomic E-state index is -0.129. The first-order valence-electron chi connectivity index (χ1n) is 8.39. The van der Waals surface area contributed by atoms with Crippen molar-refractivity contribution in [1.29, 1.82) is 0 Å². The Labute approximate surface area is 147 Å². The van der Waals surface area contributed by atoms with Crippen LogP contribution in [0.25, 0.3) is 0 Å². The summed E-state index contributed by atoms with van der Waals surface area (Å²) in [6, 6.07) is 17.7. The summed E-state index contributed by atoms with van der Waals surface area (Å²) in [7, 11) is 0. The van der Waals surface area contributed by atoms with Gasteiger partial charge in [0.25, 0.3) is 5.91 Å². The first kappa shape index (κ1) is 16.9. The Bertz CT molecular complexity index is 800. The summed E-state index contributed by atoms with van der Waals surface area (Å²) >= 11 is 0. The van der Waals surface area contributed by atoms with E-state index in [9.17, 15) is 4.79 Å². The molecule has 5 heteroatoms. The number of carbonyl (C=O) groups excluding carboxylic acids is 1. The number of aryl methyl sites for hydroxylation is 2. The highest BCUT2D eigenvalue weighted by atomic mass is 16.5. The molecule has 0 unspecified atom stereocenters. The van der Waals surface area contributed by atoms with Gasteiger partial charge in [-0.3, -0.25) is 9.78 Å². The van der Waals surface area contributed by atoms with Crippen LogP contribution in [-0.4, -0.2) is 27.5 Å². The Morgan fingerprint density at radius 3 is 2.60 bits per heavy atom. The van der Waals surface area contributed by atoms with Gasteiger partial charge in [-0.1, -0.05) is 41.6 Å². The maximum atomic E-state index is 12.8. The zero-order valence-electron chi connectivity index (χ0n) is 14.3. The molecule has 2 aromatic heterocycles. The van der Waals surface area contributed by atoms with Crippen molar-refractivity contribution in [2.75, 3.05) is 6.54 Å². The van der Waals surface area contributed by atoms with Gasteiger partial charge >= 0.3 is 0 Å². The third kappa shape index (κ3) is 4.76. The lowest BCUT2D eigenvalue weighted by molar-refractivity contribution is 0.0728. The van der Waals surface area contributed by atoms with Gasteiger partial charge in [-0.2, -0.15) is 0 Å². The van der Waals surface area contributed by atoms with Gasteiger partial charge in [0.05, 0.1) is 12.2 Å². The molecule has 3 aromatic rings. The quantitative estimate of drug-likeness (QED) is 0.661. The van der Waals surface area contributed by atoms with Gasteiger partial charge in [-0.15, -0.1) is 0 Å². The van der Waals surface area contributed by atoms with Crippen molar-refractivity contribution in [2.45, 2.75) is 26.3 Å². The molecule has 2 heterocycles. The van der Waals surface area contributed by atoms with Crippen molar-refractivity contribution >= 4 is 5.91 Å². The van der Waals surface area contributed by atoms with Crippen molar-refractivity contribution < 1.29 is 9.32 Å². The number of hydrogen-bond acceptors (Lipinski definition) is 4. The van der Waals surface area contributed by atoms with E-state index in [4.69, 9.17) is 4.52 Å². The first-order valence-corrected chi connectivity index (χ1v) is 8.39. The molecule has 0 spiro atoms. The topological polar surface area (TPSA) is 59.2 Å². The van der Waals surface area contributed by atoms with E-state index in [1.165, 1.54) is 5.56 Å². The molecule has 0 radical (unpaired) electrons. The molecule has 5 nitrogen and oxygen atoms in total. The normalized spacial score (nSPS) is 10.6. The second-order valence-corrected chi connectivity index (χ2v) is 5.96. The molecular weight excluding hydrogens is 314 g/mol.